The molecule has 1 nitrogen and oxygen atoms in total. The highest BCUT2D eigenvalue weighted by Gasteiger charge is 2.17. The Morgan fingerprint density at radius 3 is 2.43 bits per heavy atom. The number of hydrogen-bond acceptors (Lipinski definition) is 1. The largest absolute Gasteiger partial charge is 0.317 e. The minimum Gasteiger partial charge on any atom is -0.317 e. The quantitative estimate of drug-likeness (QED) is 0.718. The first kappa shape index (κ1) is 11.5. The monoisotopic (exact) mass is 207 g/mol. The van der Waals surface area contributed by atoms with Crippen LogP contribution in [0.5, 0.6) is 0 Å². The zero-order chi connectivity index (χ0) is 10.4. The third-order valence-electron chi connectivity index (χ3n) is 2.38. The fourth-order valence-corrected chi connectivity index (χ4v) is 3.59. The number of benzene rings is 1. The van der Waals surface area contributed by atoms with Crippen molar-refractivity contribution < 1.29 is 0 Å². The Bertz CT molecular complexity index is 256. The fourth-order valence-electron chi connectivity index (χ4n) is 1.67. The molecule has 0 aliphatic rings. The van der Waals surface area contributed by atoms with Crippen LogP contribution < -0.4 is 10.5 Å². The van der Waals surface area contributed by atoms with E-state index < -0.39 is 0 Å². The second kappa shape index (κ2) is 5.32. The normalized spacial score (nSPS) is 12.5. The molecule has 0 unspecified atom stereocenters. The molecule has 0 aliphatic carbocycles. The average molecular weight is 207 g/mol. The van der Waals surface area contributed by atoms with Crippen molar-refractivity contribution in [2.45, 2.75) is 25.8 Å². The van der Waals surface area contributed by atoms with Gasteiger partial charge in [0.25, 0.3) is 0 Å². The summed E-state index contributed by atoms with van der Waals surface area (Å²) < 4.78 is 0. The maximum atomic E-state index is 3.44. The lowest BCUT2D eigenvalue weighted by atomic mass is 10.2. The van der Waals surface area contributed by atoms with Crippen molar-refractivity contribution in [3.63, 3.8) is 0 Å². The molecule has 2 heteroatoms. The molecular weight excluding hydrogens is 186 g/mol. The highest BCUT2D eigenvalue weighted by Crippen LogP contribution is 2.19. The van der Waals surface area contributed by atoms with E-state index in [1.54, 1.807) is 5.19 Å². The Hall–Kier alpha value is -0.603. The molecule has 0 spiro atoms. The molecule has 14 heavy (non-hydrogen) atoms. The summed E-state index contributed by atoms with van der Waals surface area (Å²) in [6.07, 6.45) is 0. The number of hydrogen-bond donors (Lipinski definition) is 1. The Morgan fingerprint density at radius 2 is 1.86 bits per heavy atom. The van der Waals surface area contributed by atoms with Gasteiger partial charge in [0.15, 0.2) is 0 Å². The van der Waals surface area contributed by atoms with Gasteiger partial charge in [-0.25, -0.2) is 0 Å². The third-order valence-corrected chi connectivity index (χ3v) is 4.47. The summed E-state index contributed by atoms with van der Waals surface area (Å²) in [6, 6.07) is 10.9. The molecule has 0 atom stereocenters. The van der Waals surface area contributed by atoms with Crippen LogP contribution in [-0.2, 0) is 0 Å². The average Bonchev–Trinajstić information content (AvgIpc) is 2.16. The van der Waals surface area contributed by atoms with E-state index in [9.17, 15) is 0 Å². The summed E-state index contributed by atoms with van der Waals surface area (Å²) in [6.45, 7) is 9.13. The second-order valence-electron chi connectivity index (χ2n) is 4.61. The highest BCUT2D eigenvalue weighted by molar-refractivity contribution is 6.56. The van der Waals surface area contributed by atoms with Gasteiger partial charge in [0.1, 0.15) is 0 Å². The van der Waals surface area contributed by atoms with Crippen molar-refractivity contribution in [1.82, 2.24) is 5.32 Å². The molecule has 1 rings (SSSR count). The van der Waals surface area contributed by atoms with E-state index in [1.165, 1.54) is 0 Å². The smallest absolute Gasteiger partial charge is 0.0617 e. The maximum absolute atomic E-state index is 3.44. The summed E-state index contributed by atoms with van der Waals surface area (Å²) >= 11 is 0. The van der Waals surface area contributed by atoms with Crippen LogP contribution in [0.15, 0.2) is 30.3 Å². The predicted octanol–water partition coefficient (Wildman–Crippen LogP) is 1.29. The molecule has 0 aliphatic heterocycles. The first-order chi connectivity index (χ1) is 6.64. The van der Waals surface area contributed by atoms with Crippen molar-refractivity contribution in [3.05, 3.63) is 30.3 Å². The molecule has 0 saturated carbocycles. The molecule has 1 aromatic rings. The first-order valence-electron chi connectivity index (χ1n) is 5.39. The van der Waals surface area contributed by atoms with E-state index in [4.69, 9.17) is 0 Å². The molecule has 0 amide bonds. The zero-order valence-electron chi connectivity index (χ0n) is 9.51. The van der Waals surface area contributed by atoms with Gasteiger partial charge in [0, 0.05) is 0 Å². The predicted molar refractivity (Wildman–Crippen MR) is 67.2 cm³/mol. The molecular formula is C12H21NSi. The number of nitrogens with one attached hydrogen (secondary N) is 1. The van der Waals surface area contributed by atoms with Crippen LogP contribution in [0.2, 0.25) is 5.04 Å². The molecule has 0 aromatic heterocycles. The molecule has 0 bridgehead atoms. The van der Waals surface area contributed by atoms with E-state index in [0.29, 0.717) is 5.04 Å². The fraction of sp³-hybridized carbons (Fsp3) is 0.500. The van der Waals surface area contributed by atoms with Gasteiger partial charge in [-0.05, 0) is 18.1 Å². The van der Waals surface area contributed by atoms with Crippen LogP contribution in [0.3, 0.4) is 0 Å². The molecule has 78 valence electrons. The minimum atomic E-state index is -0.166. The van der Waals surface area contributed by atoms with Crippen LogP contribution in [0.25, 0.3) is 0 Å². The molecule has 0 heterocycles. The second-order valence-corrected chi connectivity index (χ2v) is 7.69. The van der Waals surface area contributed by atoms with Crippen molar-refractivity contribution in [2.75, 3.05) is 13.1 Å². The Kier molecular flexibility index (Phi) is 4.36. The van der Waals surface area contributed by atoms with Gasteiger partial charge >= 0.3 is 0 Å². The van der Waals surface area contributed by atoms with Crippen molar-refractivity contribution in [1.29, 1.82) is 0 Å². The van der Waals surface area contributed by atoms with Gasteiger partial charge in [-0.3, -0.25) is 0 Å². The van der Waals surface area contributed by atoms with E-state index in [-0.39, 0.29) is 9.52 Å². The van der Waals surface area contributed by atoms with Gasteiger partial charge < -0.3 is 5.32 Å². The van der Waals surface area contributed by atoms with Crippen LogP contribution in [0.1, 0.15) is 20.8 Å². The summed E-state index contributed by atoms with van der Waals surface area (Å²) in [5.41, 5.74) is 0. The lowest BCUT2D eigenvalue weighted by molar-refractivity contribution is 0.582. The first-order valence-corrected chi connectivity index (χ1v) is 6.80. The highest BCUT2D eigenvalue weighted by atomic mass is 28.2. The Balaban J connectivity index is 2.50. The summed E-state index contributed by atoms with van der Waals surface area (Å²) in [7, 11) is -0.166. The summed E-state index contributed by atoms with van der Waals surface area (Å²) in [5, 5.41) is 5.49. The van der Waals surface area contributed by atoms with Crippen molar-refractivity contribution in [3.8, 4) is 0 Å². The van der Waals surface area contributed by atoms with Gasteiger partial charge in [0.05, 0.1) is 9.52 Å². The molecule has 1 aromatic carbocycles. The van der Waals surface area contributed by atoms with E-state index in [2.05, 4.69) is 56.4 Å². The lowest BCUT2D eigenvalue weighted by Crippen LogP contribution is -2.34. The SMILES string of the molecule is CCNCC(C)(C)[SiH2]c1ccccc1. The van der Waals surface area contributed by atoms with E-state index in [0.717, 1.165) is 13.1 Å². The van der Waals surface area contributed by atoms with E-state index >= 15 is 0 Å². The van der Waals surface area contributed by atoms with Gasteiger partial charge in [0.2, 0.25) is 0 Å². The van der Waals surface area contributed by atoms with Crippen molar-refractivity contribution in [2.24, 2.45) is 0 Å². The molecule has 0 fully saturated rings. The standard InChI is InChI=1S/C12H21NSi/c1-4-13-10-12(2,3)14-11-8-6-5-7-9-11/h5-9,13H,4,10,14H2,1-3H3. The number of rotatable bonds is 5. The Morgan fingerprint density at radius 1 is 1.21 bits per heavy atom. The lowest BCUT2D eigenvalue weighted by Gasteiger charge is -2.24. The topological polar surface area (TPSA) is 12.0 Å². The van der Waals surface area contributed by atoms with Gasteiger partial charge in [-0.15, -0.1) is 0 Å². The minimum absolute atomic E-state index is 0.166. The van der Waals surface area contributed by atoms with E-state index in [1.807, 2.05) is 0 Å². The third kappa shape index (κ3) is 4.07. The molecule has 0 saturated heterocycles. The summed E-state index contributed by atoms with van der Waals surface area (Å²) in [4.78, 5) is 0. The van der Waals surface area contributed by atoms with Crippen LogP contribution in [0.4, 0.5) is 0 Å². The van der Waals surface area contributed by atoms with Crippen LogP contribution in [0, 0.1) is 0 Å². The summed E-state index contributed by atoms with van der Waals surface area (Å²) in [5.74, 6) is 0. The molecule has 1 N–H and O–H groups in total. The Labute approximate surface area is 89.7 Å². The van der Waals surface area contributed by atoms with Crippen LogP contribution in [-0.4, -0.2) is 22.6 Å². The zero-order valence-corrected chi connectivity index (χ0v) is 10.9. The van der Waals surface area contributed by atoms with Gasteiger partial charge in [-0.1, -0.05) is 56.3 Å². The van der Waals surface area contributed by atoms with Crippen molar-refractivity contribution >= 4 is 14.7 Å². The van der Waals surface area contributed by atoms with Gasteiger partial charge in [-0.2, -0.15) is 0 Å². The maximum Gasteiger partial charge on any atom is 0.0617 e. The molecule has 0 radical (unpaired) electrons. The van der Waals surface area contributed by atoms with Crippen LogP contribution >= 0.6 is 0 Å².